The molecule has 3 rings (SSSR count). The number of hydrogen-bond donors (Lipinski definition) is 1. The Hall–Kier alpha value is -2.76. The lowest BCUT2D eigenvalue weighted by Gasteiger charge is -2.10. The minimum atomic E-state index is -0.637. The van der Waals surface area contributed by atoms with E-state index in [1.807, 2.05) is 0 Å². The number of nitrogens with zero attached hydrogens (tertiary/aromatic N) is 1. The highest BCUT2D eigenvalue weighted by molar-refractivity contribution is 5.97. The van der Waals surface area contributed by atoms with Crippen LogP contribution in [0.4, 0.5) is 8.78 Å². The SMILES string of the molecule is COc1c(F)cc(-c2ccc(F)cc2)c2c(=O)[nH]cnc12. The number of benzene rings is 2. The van der Waals surface area contributed by atoms with Crippen molar-refractivity contribution in [1.82, 2.24) is 9.97 Å². The number of rotatable bonds is 2. The first-order valence-electron chi connectivity index (χ1n) is 6.11. The smallest absolute Gasteiger partial charge is 0.259 e. The van der Waals surface area contributed by atoms with Crippen molar-refractivity contribution in [2.45, 2.75) is 0 Å². The summed E-state index contributed by atoms with van der Waals surface area (Å²) in [6.07, 6.45) is 1.18. The van der Waals surface area contributed by atoms with Gasteiger partial charge in [0.25, 0.3) is 5.56 Å². The van der Waals surface area contributed by atoms with Gasteiger partial charge in [0.15, 0.2) is 11.6 Å². The van der Waals surface area contributed by atoms with Gasteiger partial charge in [-0.15, -0.1) is 0 Å². The predicted octanol–water partition coefficient (Wildman–Crippen LogP) is 2.88. The molecule has 0 saturated heterocycles. The second kappa shape index (κ2) is 4.97. The zero-order chi connectivity index (χ0) is 15.0. The van der Waals surface area contributed by atoms with Gasteiger partial charge in [0.05, 0.1) is 18.8 Å². The molecule has 0 radical (unpaired) electrons. The van der Waals surface area contributed by atoms with E-state index in [4.69, 9.17) is 4.74 Å². The summed E-state index contributed by atoms with van der Waals surface area (Å²) in [6, 6.07) is 6.62. The Morgan fingerprint density at radius 1 is 1.19 bits per heavy atom. The van der Waals surface area contributed by atoms with Crippen molar-refractivity contribution in [3.8, 4) is 16.9 Å². The number of halogens is 2. The molecule has 2 aromatic carbocycles. The highest BCUT2D eigenvalue weighted by atomic mass is 19.1. The summed E-state index contributed by atoms with van der Waals surface area (Å²) >= 11 is 0. The van der Waals surface area contributed by atoms with Crippen LogP contribution in [0.3, 0.4) is 0 Å². The normalized spacial score (nSPS) is 10.8. The molecule has 0 aliphatic carbocycles. The van der Waals surface area contributed by atoms with Crippen molar-refractivity contribution in [3.05, 3.63) is 58.6 Å². The Balaban J connectivity index is 2.43. The first kappa shape index (κ1) is 13.2. The number of ether oxygens (including phenoxy) is 1. The number of methoxy groups -OCH3 is 1. The van der Waals surface area contributed by atoms with Gasteiger partial charge < -0.3 is 9.72 Å². The fourth-order valence-corrected chi connectivity index (χ4v) is 2.25. The molecule has 21 heavy (non-hydrogen) atoms. The van der Waals surface area contributed by atoms with E-state index in [9.17, 15) is 13.6 Å². The molecule has 4 nitrogen and oxygen atoms in total. The van der Waals surface area contributed by atoms with E-state index < -0.39 is 17.2 Å². The largest absolute Gasteiger partial charge is 0.491 e. The zero-order valence-corrected chi connectivity index (χ0v) is 11.0. The van der Waals surface area contributed by atoms with Gasteiger partial charge in [0.1, 0.15) is 11.3 Å². The van der Waals surface area contributed by atoms with Crippen LogP contribution in [-0.4, -0.2) is 17.1 Å². The summed E-state index contributed by atoms with van der Waals surface area (Å²) < 4.78 is 32.1. The topological polar surface area (TPSA) is 55.0 Å². The van der Waals surface area contributed by atoms with E-state index in [-0.39, 0.29) is 16.7 Å². The zero-order valence-electron chi connectivity index (χ0n) is 11.0. The van der Waals surface area contributed by atoms with Gasteiger partial charge in [-0.25, -0.2) is 13.8 Å². The van der Waals surface area contributed by atoms with Gasteiger partial charge in [-0.2, -0.15) is 0 Å². The van der Waals surface area contributed by atoms with Crippen molar-refractivity contribution < 1.29 is 13.5 Å². The maximum absolute atomic E-state index is 14.1. The van der Waals surface area contributed by atoms with Crippen molar-refractivity contribution in [1.29, 1.82) is 0 Å². The number of nitrogens with one attached hydrogen (secondary N) is 1. The Labute approximate surface area is 118 Å². The molecule has 0 bridgehead atoms. The molecule has 1 aromatic heterocycles. The summed E-state index contributed by atoms with van der Waals surface area (Å²) in [5.41, 5.74) is 0.553. The lowest BCUT2D eigenvalue weighted by molar-refractivity contribution is 0.391. The molecule has 1 heterocycles. The molecule has 0 aliphatic rings. The second-order valence-corrected chi connectivity index (χ2v) is 4.40. The van der Waals surface area contributed by atoms with E-state index in [0.717, 1.165) is 0 Å². The highest BCUT2D eigenvalue weighted by Gasteiger charge is 2.17. The molecule has 0 fully saturated rings. The van der Waals surface area contributed by atoms with Gasteiger partial charge in [-0.05, 0) is 29.3 Å². The third kappa shape index (κ3) is 2.14. The maximum Gasteiger partial charge on any atom is 0.259 e. The van der Waals surface area contributed by atoms with E-state index in [0.29, 0.717) is 11.1 Å². The molecule has 0 aliphatic heterocycles. The molecular formula is C15H10F2N2O2. The molecule has 0 saturated carbocycles. The maximum atomic E-state index is 14.1. The summed E-state index contributed by atoms with van der Waals surface area (Å²) in [7, 11) is 1.30. The predicted molar refractivity (Wildman–Crippen MR) is 74.3 cm³/mol. The van der Waals surface area contributed by atoms with Crippen LogP contribution in [0.1, 0.15) is 0 Å². The Morgan fingerprint density at radius 3 is 2.57 bits per heavy atom. The molecule has 3 aromatic rings. The summed E-state index contributed by atoms with van der Waals surface area (Å²) in [4.78, 5) is 18.5. The van der Waals surface area contributed by atoms with Crippen LogP contribution in [0, 0.1) is 11.6 Å². The molecule has 6 heteroatoms. The van der Waals surface area contributed by atoms with Crippen molar-refractivity contribution >= 4 is 10.9 Å². The average molecular weight is 288 g/mol. The Morgan fingerprint density at radius 2 is 1.90 bits per heavy atom. The van der Waals surface area contributed by atoms with Gasteiger partial charge >= 0.3 is 0 Å². The van der Waals surface area contributed by atoms with E-state index in [2.05, 4.69) is 9.97 Å². The summed E-state index contributed by atoms with van der Waals surface area (Å²) in [5, 5.41) is 0.197. The standard InChI is InChI=1S/C15H10F2N2O2/c1-21-14-11(17)6-10(8-2-4-9(16)5-3-8)12-13(14)18-7-19-15(12)20/h2-7H,1H3,(H,18,19,20). The van der Waals surface area contributed by atoms with Gasteiger partial charge in [-0.1, -0.05) is 12.1 Å². The molecule has 0 spiro atoms. The molecule has 0 atom stereocenters. The van der Waals surface area contributed by atoms with E-state index in [1.54, 1.807) is 0 Å². The molecular weight excluding hydrogens is 278 g/mol. The van der Waals surface area contributed by atoms with Crippen LogP contribution >= 0.6 is 0 Å². The summed E-state index contributed by atoms with van der Waals surface area (Å²) in [5.74, 6) is -1.14. The van der Waals surface area contributed by atoms with Crippen LogP contribution in [0.5, 0.6) is 5.75 Å². The quantitative estimate of drug-likeness (QED) is 0.789. The van der Waals surface area contributed by atoms with Crippen molar-refractivity contribution in [3.63, 3.8) is 0 Å². The number of H-pyrrole nitrogens is 1. The fraction of sp³-hybridized carbons (Fsp3) is 0.0667. The Bertz CT molecular complexity index is 873. The monoisotopic (exact) mass is 288 g/mol. The molecule has 106 valence electrons. The lowest BCUT2D eigenvalue weighted by atomic mass is 10.0. The number of aromatic nitrogens is 2. The number of fused-ring (bicyclic) bond motifs is 1. The molecule has 1 N–H and O–H groups in total. The minimum absolute atomic E-state index is 0.0954. The second-order valence-electron chi connectivity index (χ2n) is 4.40. The van der Waals surface area contributed by atoms with Crippen molar-refractivity contribution in [2.75, 3.05) is 7.11 Å². The van der Waals surface area contributed by atoms with Crippen LogP contribution < -0.4 is 10.3 Å². The van der Waals surface area contributed by atoms with Gasteiger partial charge in [0, 0.05) is 0 Å². The summed E-state index contributed by atoms with van der Waals surface area (Å²) in [6.45, 7) is 0. The first-order chi connectivity index (χ1) is 10.1. The number of aromatic amines is 1. The van der Waals surface area contributed by atoms with Crippen LogP contribution in [-0.2, 0) is 0 Å². The van der Waals surface area contributed by atoms with Gasteiger partial charge in [0.2, 0.25) is 0 Å². The van der Waals surface area contributed by atoms with Gasteiger partial charge in [-0.3, -0.25) is 4.79 Å². The molecule has 0 unspecified atom stereocenters. The Kier molecular flexibility index (Phi) is 3.13. The van der Waals surface area contributed by atoms with Crippen LogP contribution in [0.2, 0.25) is 0 Å². The van der Waals surface area contributed by atoms with E-state index in [1.165, 1.54) is 43.8 Å². The lowest BCUT2D eigenvalue weighted by Crippen LogP contribution is -2.09. The van der Waals surface area contributed by atoms with Crippen molar-refractivity contribution in [2.24, 2.45) is 0 Å². The van der Waals surface area contributed by atoms with E-state index >= 15 is 0 Å². The van der Waals surface area contributed by atoms with Crippen LogP contribution in [0.15, 0.2) is 41.5 Å². The third-order valence-electron chi connectivity index (χ3n) is 3.18. The first-order valence-corrected chi connectivity index (χ1v) is 6.11. The highest BCUT2D eigenvalue weighted by Crippen LogP contribution is 2.33. The number of hydrogen-bond acceptors (Lipinski definition) is 3. The minimum Gasteiger partial charge on any atom is -0.491 e. The third-order valence-corrected chi connectivity index (χ3v) is 3.18. The average Bonchev–Trinajstić information content (AvgIpc) is 2.47. The molecule has 0 amide bonds. The fourth-order valence-electron chi connectivity index (χ4n) is 2.25. The van der Waals surface area contributed by atoms with Crippen LogP contribution in [0.25, 0.3) is 22.0 Å².